The average molecular weight is 270 g/mol. The average Bonchev–Trinajstić information content (AvgIpc) is 2.60. The second-order valence-electron chi connectivity index (χ2n) is 6.30. The van der Waals surface area contributed by atoms with E-state index in [1.165, 1.54) is 18.4 Å². The Bertz CT molecular complexity index is 413. The van der Waals surface area contributed by atoms with Crippen molar-refractivity contribution in [1.82, 2.24) is 0 Å². The molecule has 2 saturated carbocycles. The highest BCUT2D eigenvalue weighted by molar-refractivity contribution is 7.88. The summed E-state index contributed by atoms with van der Waals surface area (Å²) < 4.78 is 12.1. The quantitative estimate of drug-likeness (QED) is 0.795. The summed E-state index contributed by atoms with van der Waals surface area (Å²) in [5.74, 6) is 0.930. The van der Waals surface area contributed by atoms with E-state index in [0.717, 1.165) is 19.3 Å². The molecule has 0 aromatic heterocycles. The molecule has 0 aliphatic heterocycles. The van der Waals surface area contributed by atoms with Gasteiger partial charge in [-0.3, -0.25) is 9.00 Å². The van der Waals surface area contributed by atoms with Crippen LogP contribution in [0.4, 0.5) is 0 Å². The van der Waals surface area contributed by atoms with Crippen molar-refractivity contribution in [3.63, 3.8) is 0 Å². The molecule has 0 saturated heterocycles. The molecule has 2 rings (SSSR count). The largest absolute Gasteiger partial charge is 0.392 e. The van der Waals surface area contributed by atoms with E-state index in [4.69, 9.17) is 0 Å². The molecule has 2 aliphatic rings. The number of carbonyl (C=O) groups is 1. The van der Waals surface area contributed by atoms with Crippen LogP contribution in [0, 0.1) is 16.7 Å². The predicted molar refractivity (Wildman–Crippen MR) is 72.4 cm³/mol. The van der Waals surface area contributed by atoms with Crippen molar-refractivity contribution in [2.75, 3.05) is 5.75 Å². The number of aliphatic hydroxyl groups excluding tert-OH is 1. The van der Waals surface area contributed by atoms with Gasteiger partial charge in [-0.2, -0.15) is 0 Å². The molecule has 18 heavy (non-hydrogen) atoms. The van der Waals surface area contributed by atoms with Crippen LogP contribution in [-0.4, -0.2) is 27.0 Å². The maximum Gasteiger partial charge on any atom is 0.153 e. The van der Waals surface area contributed by atoms with Gasteiger partial charge in [0, 0.05) is 27.4 Å². The van der Waals surface area contributed by atoms with E-state index >= 15 is 0 Å². The Kier molecular flexibility index (Phi) is 3.54. The summed E-state index contributed by atoms with van der Waals surface area (Å²) in [6.07, 6.45) is 3.93. The van der Waals surface area contributed by atoms with Gasteiger partial charge in [0.2, 0.25) is 0 Å². The highest BCUT2D eigenvalue weighted by Crippen LogP contribution is 2.65. The highest BCUT2D eigenvalue weighted by Gasteiger charge is 2.63. The second kappa shape index (κ2) is 4.57. The lowest BCUT2D eigenvalue weighted by Crippen LogP contribution is -2.43. The van der Waals surface area contributed by atoms with Crippen LogP contribution < -0.4 is 0 Å². The fourth-order valence-electron chi connectivity index (χ4n) is 3.85. The van der Waals surface area contributed by atoms with Crippen molar-refractivity contribution in [3.8, 4) is 0 Å². The van der Waals surface area contributed by atoms with Gasteiger partial charge >= 0.3 is 0 Å². The third kappa shape index (κ3) is 1.99. The second-order valence-corrected chi connectivity index (χ2v) is 7.63. The van der Waals surface area contributed by atoms with E-state index in [1.807, 2.05) is 0 Å². The summed E-state index contributed by atoms with van der Waals surface area (Å²) >= 11 is 0. The van der Waals surface area contributed by atoms with Gasteiger partial charge in [0.15, 0.2) is 5.78 Å². The molecule has 0 amide bonds. The first-order chi connectivity index (χ1) is 8.29. The van der Waals surface area contributed by atoms with Crippen LogP contribution in [0.25, 0.3) is 0 Å². The maximum atomic E-state index is 12.1. The van der Waals surface area contributed by atoms with E-state index in [0.29, 0.717) is 11.7 Å². The molecule has 4 heteroatoms. The molecule has 4 atom stereocenters. The molecular formula is C14H22O3S. The molecule has 0 radical (unpaired) electrons. The van der Waals surface area contributed by atoms with Gasteiger partial charge < -0.3 is 5.11 Å². The van der Waals surface area contributed by atoms with Gasteiger partial charge in [0.25, 0.3) is 0 Å². The number of ketones is 1. The van der Waals surface area contributed by atoms with Crippen LogP contribution in [-0.2, 0) is 15.6 Å². The Balaban J connectivity index is 2.16. The summed E-state index contributed by atoms with van der Waals surface area (Å²) in [6.45, 7) is 5.82. The smallest absolute Gasteiger partial charge is 0.153 e. The molecule has 2 bridgehead atoms. The summed E-state index contributed by atoms with van der Waals surface area (Å²) in [5.41, 5.74) is -0.185. The molecule has 0 unspecified atom stereocenters. The van der Waals surface area contributed by atoms with Gasteiger partial charge in [-0.05, 0) is 43.6 Å². The maximum absolute atomic E-state index is 12.1. The lowest BCUT2D eigenvalue weighted by atomic mass is 9.70. The minimum Gasteiger partial charge on any atom is -0.392 e. The topological polar surface area (TPSA) is 54.4 Å². The molecular weight excluding hydrogens is 248 g/mol. The number of hydrogen-bond acceptors (Lipinski definition) is 3. The lowest BCUT2D eigenvalue weighted by Gasteiger charge is -2.39. The lowest BCUT2D eigenvalue weighted by molar-refractivity contribution is -0.112. The van der Waals surface area contributed by atoms with E-state index in [-0.39, 0.29) is 22.7 Å². The molecule has 2 fully saturated rings. The van der Waals surface area contributed by atoms with Crippen LogP contribution in [0.3, 0.4) is 0 Å². The summed E-state index contributed by atoms with van der Waals surface area (Å²) in [5, 5.41) is 11.8. The summed E-state index contributed by atoms with van der Waals surface area (Å²) in [7, 11) is -1.17. The molecule has 0 aromatic carbocycles. The minimum absolute atomic E-state index is 0.0478. The number of rotatable bonds is 4. The van der Waals surface area contributed by atoms with Crippen molar-refractivity contribution in [1.29, 1.82) is 0 Å². The Morgan fingerprint density at radius 1 is 1.50 bits per heavy atom. The van der Waals surface area contributed by atoms with Crippen LogP contribution >= 0.6 is 0 Å². The van der Waals surface area contributed by atoms with E-state index in [9.17, 15) is 14.1 Å². The van der Waals surface area contributed by atoms with Crippen LogP contribution in [0.15, 0.2) is 11.5 Å². The first-order valence-electron chi connectivity index (χ1n) is 6.53. The number of aliphatic hydroxyl groups is 1. The predicted octanol–water partition coefficient (Wildman–Crippen LogP) is 2.02. The third-order valence-electron chi connectivity index (χ3n) is 5.24. The number of hydrogen-bond donors (Lipinski definition) is 1. The third-order valence-corrected chi connectivity index (χ3v) is 6.48. The van der Waals surface area contributed by atoms with E-state index in [2.05, 4.69) is 13.8 Å². The van der Waals surface area contributed by atoms with Gasteiger partial charge in [-0.1, -0.05) is 13.8 Å². The first kappa shape index (κ1) is 13.9. The Morgan fingerprint density at radius 3 is 2.61 bits per heavy atom. The van der Waals surface area contributed by atoms with Gasteiger partial charge in [-0.15, -0.1) is 0 Å². The first-order valence-corrected chi connectivity index (χ1v) is 7.92. The van der Waals surface area contributed by atoms with E-state index in [1.54, 1.807) is 0 Å². The SMILES string of the molecule is CC(=O)/C=C/[S@](=O)C[C@]12CC[C@H](C[C@H]1O)C2(C)C. The molecule has 0 heterocycles. The Morgan fingerprint density at radius 2 is 2.17 bits per heavy atom. The molecule has 0 aromatic rings. The zero-order chi connectivity index (χ0) is 13.6. The Labute approximate surface area is 111 Å². The fraction of sp³-hybridized carbons (Fsp3) is 0.786. The minimum atomic E-state index is -1.17. The van der Waals surface area contributed by atoms with Crippen molar-refractivity contribution in [3.05, 3.63) is 11.5 Å². The Hall–Kier alpha value is -0.480. The van der Waals surface area contributed by atoms with Crippen molar-refractivity contribution in [2.45, 2.75) is 46.1 Å². The van der Waals surface area contributed by atoms with Gasteiger partial charge in [0.1, 0.15) is 0 Å². The molecule has 1 N–H and O–H groups in total. The summed E-state index contributed by atoms with van der Waals surface area (Å²) in [4.78, 5) is 10.9. The van der Waals surface area contributed by atoms with Gasteiger partial charge in [0.05, 0.1) is 6.10 Å². The molecule has 102 valence electrons. The van der Waals surface area contributed by atoms with Crippen LogP contribution in [0.5, 0.6) is 0 Å². The van der Waals surface area contributed by atoms with Crippen molar-refractivity contribution >= 4 is 16.6 Å². The zero-order valence-corrected chi connectivity index (χ0v) is 12.1. The molecule has 0 spiro atoms. The summed E-state index contributed by atoms with van der Waals surface area (Å²) in [6, 6.07) is 0. The highest BCUT2D eigenvalue weighted by atomic mass is 32.2. The fourth-order valence-corrected chi connectivity index (χ4v) is 5.51. The standard InChI is InChI=1S/C14H22O3S/c1-10(15)5-7-18(17)9-14-6-4-11(8-12(14)16)13(14,2)3/h5,7,11-12,16H,4,6,8-9H2,1-3H3/b7-5+/t11-,12-,14-,18+/m1/s1. The monoisotopic (exact) mass is 270 g/mol. The normalized spacial score (nSPS) is 39.3. The van der Waals surface area contributed by atoms with E-state index < -0.39 is 10.8 Å². The zero-order valence-electron chi connectivity index (χ0n) is 11.3. The van der Waals surface area contributed by atoms with Gasteiger partial charge in [-0.25, -0.2) is 0 Å². The number of allylic oxidation sites excluding steroid dienone is 1. The molecule has 3 nitrogen and oxygen atoms in total. The van der Waals surface area contributed by atoms with Crippen molar-refractivity contribution in [2.24, 2.45) is 16.7 Å². The van der Waals surface area contributed by atoms with Crippen LogP contribution in [0.2, 0.25) is 0 Å². The van der Waals surface area contributed by atoms with Crippen LogP contribution in [0.1, 0.15) is 40.0 Å². The van der Waals surface area contributed by atoms with Crippen molar-refractivity contribution < 1.29 is 14.1 Å². The number of fused-ring (bicyclic) bond motifs is 2. The molecule has 2 aliphatic carbocycles. The number of carbonyl (C=O) groups excluding carboxylic acids is 1.